The molecule has 324 valence electrons. The fraction of sp³-hybridized carbons (Fsp3) is 0.523. The standard InChI is InChI=1S/C44H57F2N7O6S/c1-44(2,3)39(43(57)52-18-14-15-19-52)50-36(54)16-12-10-8-6-7-9-11-13-17-47-41(55)31-22-35-32(20-28(31)27-60(5,58)59)33-26-51(4)42(56)38-37(33)29(23-48-38)25-53(35)40-34(46)21-30(45)24-49-40/h20-24,26,39,48H,6-19,25,27H2,1-5H3,(H,47,55)(H,50,54). The molecule has 6 rings (SSSR count). The minimum absolute atomic E-state index is 0.00867. The number of nitrogens with zero attached hydrogens (tertiary/aromatic N) is 4. The number of H-pyrrole nitrogens is 1. The highest BCUT2D eigenvalue weighted by Gasteiger charge is 2.36. The number of benzene rings is 1. The first-order chi connectivity index (χ1) is 28.4. The molecule has 60 heavy (non-hydrogen) atoms. The number of rotatable bonds is 17. The first-order valence-corrected chi connectivity index (χ1v) is 23.0. The second kappa shape index (κ2) is 18.7. The van der Waals surface area contributed by atoms with Gasteiger partial charge in [-0.25, -0.2) is 22.2 Å². The molecule has 3 amide bonds. The largest absolute Gasteiger partial charge is 0.356 e. The van der Waals surface area contributed by atoms with Crippen LogP contribution in [0, 0.1) is 17.0 Å². The van der Waals surface area contributed by atoms with E-state index in [1.165, 1.54) is 15.5 Å². The average molecular weight is 850 g/mol. The Morgan fingerprint density at radius 2 is 1.62 bits per heavy atom. The number of unbranched alkanes of at least 4 members (excludes halogenated alkanes) is 7. The monoisotopic (exact) mass is 849 g/mol. The lowest BCUT2D eigenvalue weighted by Gasteiger charge is -2.33. The van der Waals surface area contributed by atoms with Gasteiger partial charge in [-0.1, -0.05) is 59.3 Å². The zero-order valence-corrected chi connectivity index (χ0v) is 36.1. The van der Waals surface area contributed by atoms with Gasteiger partial charge in [0, 0.05) is 79.9 Å². The van der Waals surface area contributed by atoms with E-state index in [0.29, 0.717) is 52.7 Å². The minimum atomic E-state index is -3.63. The van der Waals surface area contributed by atoms with Gasteiger partial charge in [-0.2, -0.15) is 0 Å². The molecule has 2 aliphatic rings. The molecule has 1 fully saturated rings. The molecule has 1 atom stereocenters. The normalized spacial score (nSPS) is 14.6. The third-order valence-corrected chi connectivity index (χ3v) is 12.2. The third kappa shape index (κ3) is 10.4. The average Bonchev–Trinajstić information content (AvgIpc) is 3.84. The van der Waals surface area contributed by atoms with Crippen molar-refractivity contribution in [2.45, 2.75) is 110 Å². The molecule has 0 spiro atoms. The van der Waals surface area contributed by atoms with Crippen LogP contribution in [0.3, 0.4) is 0 Å². The van der Waals surface area contributed by atoms with E-state index in [1.54, 1.807) is 25.5 Å². The van der Waals surface area contributed by atoms with Gasteiger partial charge >= 0.3 is 0 Å². The zero-order valence-electron chi connectivity index (χ0n) is 35.3. The minimum Gasteiger partial charge on any atom is -0.356 e. The van der Waals surface area contributed by atoms with Crippen molar-refractivity contribution < 1.29 is 31.6 Å². The Morgan fingerprint density at radius 3 is 2.27 bits per heavy atom. The van der Waals surface area contributed by atoms with Crippen LogP contribution in [0.25, 0.3) is 22.0 Å². The van der Waals surface area contributed by atoms with Crippen LogP contribution >= 0.6 is 0 Å². The van der Waals surface area contributed by atoms with E-state index in [-0.39, 0.29) is 46.3 Å². The SMILES string of the molecule is Cn1cc2c3c(c[nH]c3c1=O)CN(c1ncc(F)cc1F)c1cc(C(=O)NCCCCCCCCCCC(=O)NC(C(=O)N3CCCC3)C(C)(C)C)c(CS(C)(=O)=O)cc1-2. The molecule has 13 nitrogen and oxygen atoms in total. The van der Waals surface area contributed by atoms with Crippen LogP contribution in [0.2, 0.25) is 0 Å². The van der Waals surface area contributed by atoms with Gasteiger partial charge in [-0.05, 0) is 54.4 Å². The Labute approximate surface area is 350 Å². The lowest BCUT2D eigenvalue weighted by atomic mass is 9.85. The first kappa shape index (κ1) is 44.4. The van der Waals surface area contributed by atoms with Crippen molar-refractivity contribution in [2.75, 3.05) is 30.8 Å². The van der Waals surface area contributed by atoms with Crippen molar-refractivity contribution in [1.82, 2.24) is 30.1 Å². The molecule has 5 heterocycles. The molecule has 0 radical (unpaired) electrons. The van der Waals surface area contributed by atoms with Crippen LogP contribution < -0.4 is 21.1 Å². The molecule has 3 aromatic heterocycles. The van der Waals surface area contributed by atoms with Crippen molar-refractivity contribution in [1.29, 1.82) is 0 Å². The van der Waals surface area contributed by atoms with Crippen molar-refractivity contribution in [3.8, 4) is 11.1 Å². The lowest BCUT2D eigenvalue weighted by Crippen LogP contribution is -2.54. The fourth-order valence-electron chi connectivity index (χ4n) is 8.27. The van der Waals surface area contributed by atoms with E-state index in [9.17, 15) is 32.0 Å². The summed E-state index contributed by atoms with van der Waals surface area (Å²) >= 11 is 0. The highest BCUT2D eigenvalue weighted by molar-refractivity contribution is 7.89. The van der Waals surface area contributed by atoms with Crippen LogP contribution in [0.5, 0.6) is 0 Å². The van der Waals surface area contributed by atoms with Crippen molar-refractivity contribution >= 4 is 50.0 Å². The Kier molecular flexibility index (Phi) is 13.8. The van der Waals surface area contributed by atoms with Gasteiger partial charge in [0.05, 0.1) is 24.2 Å². The number of aryl methyl sites for hydroxylation is 1. The molecule has 1 unspecified atom stereocenters. The smallest absolute Gasteiger partial charge is 0.274 e. The van der Waals surface area contributed by atoms with E-state index in [4.69, 9.17) is 0 Å². The number of amides is 3. The molecule has 1 aromatic carbocycles. The van der Waals surface area contributed by atoms with Gasteiger partial charge < -0.3 is 30.0 Å². The number of fused-ring (bicyclic) bond motifs is 2. The van der Waals surface area contributed by atoms with E-state index in [0.717, 1.165) is 89.4 Å². The highest BCUT2D eigenvalue weighted by atomic mass is 32.2. The van der Waals surface area contributed by atoms with E-state index in [2.05, 4.69) is 20.6 Å². The number of likely N-dealkylation sites (tertiary alicyclic amines) is 1. The summed E-state index contributed by atoms with van der Waals surface area (Å²) in [6.45, 7) is 7.81. The van der Waals surface area contributed by atoms with Gasteiger partial charge in [0.1, 0.15) is 17.4 Å². The summed E-state index contributed by atoms with van der Waals surface area (Å²) in [5.74, 6) is -3.00. The molecule has 0 bridgehead atoms. The summed E-state index contributed by atoms with van der Waals surface area (Å²) < 4.78 is 56.3. The Balaban J connectivity index is 1.05. The molecular weight excluding hydrogens is 793 g/mol. The van der Waals surface area contributed by atoms with Gasteiger partial charge in [0.2, 0.25) is 11.8 Å². The predicted octanol–water partition coefficient (Wildman–Crippen LogP) is 6.80. The topological polar surface area (TPSA) is 167 Å². The quantitative estimate of drug-likeness (QED) is 0.0977. The molecule has 3 N–H and O–H groups in total. The predicted molar refractivity (Wildman–Crippen MR) is 229 cm³/mol. The summed E-state index contributed by atoms with van der Waals surface area (Å²) in [4.78, 5) is 63.2. The molecular formula is C44H57F2N7O6S. The molecule has 16 heteroatoms. The second-order valence-electron chi connectivity index (χ2n) is 17.4. The van der Waals surface area contributed by atoms with Crippen molar-refractivity contribution in [3.05, 3.63) is 75.5 Å². The number of aromatic nitrogens is 3. The van der Waals surface area contributed by atoms with Crippen LogP contribution in [-0.4, -0.2) is 77.5 Å². The van der Waals surface area contributed by atoms with Gasteiger partial charge in [-0.3, -0.25) is 19.2 Å². The Bertz CT molecular complexity index is 2420. The fourth-order valence-corrected chi connectivity index (χ4v) is 9.07. The maximum Gasteiger partial charge on any atom is 0.274 e. The van der Waals surface area contributed by atoms with Gasteiger partial charge in [0.25, 0.3) is 11.5 Å². The number of carbonyl (C=O) groups is 3. The van der Waals surface area contributed by atoms with Crippen LogP contribution in [0.15, 0.2) is 41.6 Å². The number of pyridine rings is 2. The van der Waals surface area contributed by atoms with E-state index >= 15 is 4.39 Å². The summed E-state index contributed by atoms with van der Waals surface area (Å²) in [5, 5.41) is 6.52. The summed E-state index contributed by atoms with van der Waals surface area (Å²) in [6.07, 6.45) is 14.9. The number of hydrogen-bond acceptors (Lipinski definition) is 8. The summed E-state index contributed by atoms with van der Waals surface area (Å²) in [6, 6.07) is 3.32. The second-order valence-corrected chi connectivity index (χ2v) is 19.5. The van der Waals surface area contributed by atoms with Crippen LogP contribution in [0.1, 0.15) is 113 Å². The molecule has 0 saturated carbocycles. The Hall–Kier alpha value is -5.12. The number of carbonyl (C=O) groups excluding carboxylic acids is 3. The lowest BCUT2D eigenvalue weighted by molar-refractivity contribution is -0.138. The number of halogens is 2. The first-order valence-electron chi connectivity index (χ1n) is 20.9. The number of aromatic amines is 1. The van der Waals surface area contributed by atoms with E-state index < -0.39 is 39.2 Å². The maximum absolute atomic E-state index is 15.4. The number of hydrogen-bond donors (Lipinski definition) is 3. The number of nitrogens with one attached hydrogen (secondary N) is 3. The Morgan fingerprint density at radius 1 is 0.950 bits per heavy atom. The van der Waals surface area contributed by atoms with E-state index in [1.807, 2.05) is 25.7 Å². The molecule has 0 aliphatic carbocycles. The molecule has 2 aliphatic heterocycles. The summed E-state index contributed by atoms with van der Waals surface area (Å²) in [7, 11) is -2.04. The number of sulfone groups is 1. The zero-order chi connectivity index (χ0) is 43.4. The van der Waals surface area contributed by atoms with Crippen LogP contribution in [-0.2, 0) is 38.8 Å². The number of anilines is 2. The maximum atomic E-state index is 15.4. The third-order valence-electron chi connectivity index (χ3n) is 11.4. The molecule has 4 aromatic rings. The summed E-state index contributed by atoms with van der Waals surface area (Å²) in [5.41, 5.74) is 2.00. The van der Waals surface area contributed by atoms with Crippen LogP contribution in [0.4, 0.5) is 20.3 Å². The van der Waals surface area contributed by atoms with Crippen molar-refractivity contribution in [2.24, 2.45) is 12.5 Å². The highest BCUT2D eigenvalue weighted by Crippen LogP contribution is 2.45. The van der Waals surface area contributed by atoms with Gasteiger partial charge in [-0.15, -0.1) is 0 Å². The van der Waals surface area contributed by atoms with Gasteiger partial charge in [0.15, 0.2) is 21.5 Å². The molecule has 1 saturated heterocycles. The van der Waals surface area contributed by atoms with Crippen molar-refractivity contribution in [3.63, 3.8) is 0 Å².